The number of ether oxygens (including phenoxy) is 1. The Hall–Kier alpha value is -2.04. The number of carboxylic acids is 1. The van der Waals surface area contributed by atoms with Crippen LogP contribution in [0.5, 0.6) is 5.75 Å². The molecule has 0 saturated carbocycles. The van der Waals surface area contributed by atoms with Crippen molar-refractivity contribution in [3.05, 3.63) is 23.8 Å². The van der Waals surface area contributed by atoms with E-state index in [1.54, 1.807) is 6.92 Å². The third kappa shape index (κ3) is 3.23. The molecular weight excluding hydrogens is 258 g/mol. The van der Waals surface area contributed by atoms with Gasteiger partial charge >= 0.3 is 5.97 Å². The summed E-state index contributed by atoms with van der Waals surface area (Å²) in [6, 6.07) is 3.29. The molecular formula is C11H11NO5S. The van der Waals surface area contributed by atoms with E-state index in [1.807, 2.05) is 0 Å². The van der Waals surface area contributed by atoms with Crippen LogP contribution >= 0.6 is 0 Å². The first-order valence-corrected chi connectivity index (χ1v) is 6.33. The largest absolute Gasteiger partial charge is 0.478 e. The molecule has 1 aromatic rings. The molecule has 7 heteroatoms. The van der Waals surface area contributed by atoms with Crippen LogP contribution in [0.15, 0.2) is 23.1 Å². The molecule has 1 rings (SSSR count). The fourth-order valence-corrected chi connectivity index (χ4v) is 1.72. The Morgan fingerprint density at radius 1 is 1.56 bits per heavy atom. The molecule has 0 aliphatic carbocycles. The van der Waals surface area contributed by atoms with Crippen LogP contribution in [-0.4, -0.2) is 25.6 Å². The molecule has 96 valence electrons. The summed E-state index contributed by atoms with van der Waals surface area (Å²) in [5.74, 6) is 0.919. The van der Waals surface area contributed by atoms with E-state index in [2.05, 4.69) is 5.92 Å². The molecule has 0 radical (unpaired) electrons. The normalized spacial score (nSPS) is 12.5. The third-order valence-corrected chi connectivity index (χ3v) is 2.96. The van der Waals surface area contributed by atoms with Crippen LogP contribution in [0.3, 0.4) is 0 Å². The number of benzene rings is 1. The molecule has 1 unspecified atom stereocenters. The molecule has 1 aromatic carbocycles. The van der Waals surface area contributed by atoms with Crippen LogP contribution in [-0.2, 0) is 10.0 Å². The molecule has 3 N–H and O–H groups in total. The molecule has 0 aromatic heterocycles. The van der Waals surface area contributed by atoms with Crippen molar-refractivity contribution in [2.75, 3.05) is 0 Å². The van der Waals surface area contributed by atoms with E-state index in [0.717, 1.165) is 12.1 Å². The highest BCUT2D eigenvalue weighted by Gasteiger charge is 2.17. The Labute approximate surface area is 104 Å². The van der Waals surface area contributed by atoms with E-state index in [9.17, 15) is 13.2 Å². The van der Waals surface area contributed by atoms with E-state index in [4.69, 9.17) is 21.4 Å². The molecule has 0 fully saturated rings. The van der Waals surface area contributed by atoms with Gasteiger partial charge in [-0.15, -0.1) is 6.42 Å². The number of aromatic carboxylic acids is 1. The molecule has 1 atom stereocenters. The smallest absolute Gasteiger partial charge is 0.339 e. The molecule has 0 bridgehead atoms. The highest BCUT2D eigenvalue weighted by atomic mass is 32.2. The topological polar surface area (TPSA) is 107 Å². The van der Waals surface area contributed by atoms with Gasteiger partial charge in [0.1, 0.15) is 11.3 Å². The van der Waals surface area contributed by atoms with Gasteiger partial charge in [0.2, 0.25) is 10.0 Å². The summed E-state index contributed by atoms with van der Waals surface area (Å²) in [5, 5.41) is 13.9. The van der Waals surface area contributed by atoms with Crippen LogP contribution in [0.1, 0.15) is 17.3 Å². The minimum Gasteiger partial charge on any atom is -0.478 e. The average molecular weight is 269 g/mol. The number of carbonyl (C=O) groups is 1. The summed E-state index contributed by atoms with van der Waals surface area (Å²) in [4.78, 5) is 10.7. The van der Waals surface area contributed by atoms with Crippen LogP contribution in [0.2, 0.25) is 0 Å². The first-order chi connectivity index (χ1) is 8.25. The fourth-order valence-electron chi connectivity index (χ4n) is 1.18. The summed E-state index contributed by atoms with van der Waals surface area (Å²) in [6.07, 6.45) is 4.47. The van der Waals surface area contributed by atoms with E-state index in [0.29, 0.717) is 0 Å². The number of hydrogen-bond acceptors (Lipinski definition) is 4. The van der Waals surface area contributed by atoms with Crippen molar-refractivity contribution in [1.29, 1.82) is 0 Å². The number of hydrogen-bond donors (Lipinski definition) is 2. The highest BCUT2D eigenvalue weighted by molar-refractivity contribution is 7.89. The molecule has 0 aliphatic rings. The van der Waals surface area contributed by atoms with Crippen molar-refractivity contribution in [3.63, 3.8) is 0 Å². The minimum absolute atomic E-state index is 0.0136. The van der Waals surface area contributed by atoms with Gasteiger partial charge in [0, 0.05) is 0 Å². The Bertz CT molecular complexity index is 615. The van der Waals surface area contributed by atoms with E-state index >= 15 is 0 Å². The maximum Gasteiger partial charge on any atom is 0.339 e. The van der Waals surface area contributed by atoms with Crippen molar-refractivity contribution in [2.45, 2.75) is 17.9 Å². The molecule has 18 heavy (non-hydrogen) atoms. The lowest BCUT2D eigenvalue weighted by Crippen LogP contribution is -2.15. The van der Waals surface area contributed by atoms with Gasteiger partial charge in [0.15, 0.2) is 6.10 Å². The first kappa shape index (κ1) is 14.0. The minimum atomic E-state index is -3.97. The molecule has 0 heterocycles. The lowest BCUT2D eigenvalue weighted by molar-refractivity contribution is 0.0691. The van der Waals surface area contributed by atoms with Gasteiger partial charge in [-0.05, 0) is 25.1 Å². The number of nitrogens with two attached hydrogens (primary N) is 1. The Morgan fingerprint density at radius 3 is 2.61 bits per heavy atom. The SMILES string of the molecule is C#CC(C)Oc1ccc(S(N)(=O)=O)cc1C(=O)O. The quantitative estimate of drug-likeness (QED) is 0.771. The Balaban J connectivity index is 3.31. The first-order valence-electron chi connectivity index (χ1n) is 4.78. The van der Waals surface area contributed by atoms with Gasteiger partial charge in [-0.2, -0.15) is 0 Å². The zero-order chi connectivity index (χ0) is 13.9. The predicted molar refractivity (Wildman–Crippen MR) is 63.7 cm³/mol. The Kier molecular flexibility index (Phi) is 3.96. The molecule has 0 amide bonds. The Morgan fingerprint density at radius 2 is 2.17 bits per heavy atom. The number of terminal acetylenes is 1. The second-order valence-electron chi connectivity index (χ2n) is 3.43. The van der Waals surface area contributed by atoms with Crippen molar-refractivity contribution in [2.24, 2.45) is 5.14 Å². The van der Waals surface area contributed by atoms with Crippen molar-refractivity contribution in [3.8, 4) is 18.1 Å². The fraction of sp³-hybridized carbons (Fsp3) is 0.182. The van der Waals surface area contributed by atoms with E-state index in [1.165, 1.54) is 6.07 Å². The third-order valence-electron chi connectivity index (χ3n) is 2.05. The summed E-state index contributed by atoms with van der Waals surface area (Å²) in [7, 11) is -3.97. The summed E-state index contributed by atoms with van der Waals surface area (Å²) in [5.41, 5.74) is -0.316. The number of primary sulfonamides is 1. The monoisotopic (exact) mass is 269 g/mol. The van der Waals surface area contributed by atoms with Crippen molar-refractivity contribution in [1.82, 2.24) is 0 Å². The summed E-state index contributed by atoms with van der Waals surface area (Å²) < 4.78 is 27.4. The van der Waals surface area contributed by atoms with Gasteiger partial charge in [0.25, 0.3) is 0 Å². The molecule has 0 aliphatic heterocycles. The van der Waals surface area contributed by atoms with Crippen molar-refractivity contribution >= 4 is 16.0 Å². The lowest BCUT2D eigenvalue weighted by atomic mass is 10.2. The van der Waals surface area contributed by atoms with E-state index < -0.39 is 22.1 Å². The van der Waals surface area contributed by atoms with Crippen LogP contribution < -0.4 is 9.88 Å². The van der Waals surface area contributed by atoms with E-state index in [-0.39, 0.29) is 16.2 Å². The molecule has 0 spiro atoms. The number of rotatable bonds is 4. The second kappa shape index (κ2) is 5.08. The summed E-state index contributed by atoms with van der Waals surface area (Å²) >= 11 is 0. The second-order valence-corrected chi connectivity index (χ2v) is 5.00. The molecule has 0 saturated heterocycles. The highest BCUT2D eigenvalue weighted by Crippen LogP contribution is 2.23. The maximum absolute atomic E-state index is 11.1. The number of sulfonamides is 1. The van der Waals surface area contributed by atoms with Crippen LogP contribution in [0.25, 0.3) is 0 Å². The maximum atomic E-state index is 11.1. The van der Waals surface area contributed by atoms with Gasteiger partial charge in [-0.3, -0.25) is 0 Å². The zero-order valence-electron chi connectivity index (χ0n) is 9.45. The van der Waals surface area contributed by atoms with Gasteiger partial charge in [0.05, 0.1) is 4.90 Å². The average Bonchev–Trinajstić information content (AvgIpc) is 2.27. The zero-order valence-corrected chi connectivity index (χ0v) is 10.3. The predicted octanol–water partition coefficient (Wildman–Crippen LogP) is 0.433. The standard InChI is InChI=1S/C11H11NO5S/c1-3-7(2)17-10-5-4-8(18(12,15)16)6-9(10)11(13)14/h1,4-7H,2H3,(H,13,14)(H2,12,15,16). The van der Waals surface area contributed by atoms with Gasteiger partial charge in [-0.1, -0.05) is 5.92 Å². The van der Waals surface area contributed by atoms with Gasteiger partial charge in [-0.25, -0.2) is 18.4 Å². The molecule has 6 nitrogen and oxygen atoms in total. The van der Waals surface area contributed by atoms with Crippen molar-refractivity contribution < 1.29 is 23.1 Å². The number of carboxylic acid groups (broad SMARTS) is 1. The van der Waals surface area contributed by atoms with Crippen LogP contribution in [0.4, 0.5) is 0 Å². The summed E-state index contributed by atoms with van der Waals surface area (Å²) in [6.45, 7) is 1.55. The van der Waals surface area contributed by atoms with Gasteiger partial charge < -0.3 is 9.84 Å². The van der Waals surface area contributed by atoms with Crippen LogP contribution in [0, 0.1) is 12.3 Å². The lowest BCUT2D eigenvalue weighted by Gasteiger charge is -2.12.